The van der Waals surface area contributed by atoms with E-state index in [4.69, 9.17) is 4.42 Å². The van der Waals surface area contributed by atoms with Crippen LogP contribution in [0.25, 0.3) is 0 Å². The van der Waals surface area contributed by atoms with Crippen LogP contribution in [0.5, 0.6) is 0 Å². The molecule has 1 aromatic heterocycles. The molecule has 1 aromatic carbocycles. The van der Waals surface area contributed by atoms with Crippen LogP contribution in [0.1, 0.15) is 42.4 Å². The molecule has 0 unspecified atom stereocenters. The van der Waals surface area contributed by atoms with Crippen LogP contribution in [0.2, 0.25) is 0 Å². The van der Waals surface area contributed by atoms with Gasteiger partial charge in [0.1, 0.15) is 11.5 Å². The summed E-state index contributed by atoms with van der Waals surface area (Å²) >= 11 is 0. The van der Waals surface area contributed by atoms with E-state index in [0.717, 1.165) is 24.6 Å². The Morgan fingerprint density at radius 2 is 1.68 bits per heavy atom. The van der Waals surface area contributed by atoms with Crippen molar-refractivity contribution in [1.82, 2.24) is 4.90 Å². The lowest BCUT2D eigenvalue weighted by Gasteiger charge is -2.16. The van der Waals surface area contributed by atoms with Gasteiger partial charge in [-0.3, -0.25) is 4.90 Å². The second-order valence-corrected chi connectivity index (χ2v) is 5.58. The van der Waals surface area contributed by atoms with Crippen molar-refractivity contribution in [2.75, 3.05) is 7.05 Å². The lowest BCUT2D eigenvalue weighted by atomic mass is 10.0. The van der Waals surface area contributed by atoms with Crippen LogP contribution in [0, 0.1) is 6.92 Å². The summed E-state index contributed by atoms with van der Waals surface area (Å²) in [5, 5.41) is 0. The zero-order valence-corrected chi connectivity index (χ0v) is 12.3. The van der Waals surface area contributed by atoms with E-state index >= 15 is 0 Å². The highest BCUT2D eigenvalue weighted by molar-refractivity contribution is 5.24. The molecule has 2 aromatic rings. The predicted molar refractivity (Wildman–Crippen MR) is 79.1 cm³/mol. The second-order valence-electron chi connectivity index (χ2n) is 5.58. The first-order valence-corrected chi connectivity index (χ1v) is 6.87. The molecule has 0 atom stereocenters. The number of hydrogen-bond donors (Lipinski definition) is 0. The maximum atomic E-state index is 5.60. The van der Waals surface area contributed by atoms with Gasteiger partial charge in [-0.25, -0.2) is 0 Å². The van der Waals surface area contributed by atoms with E-state index in [0.29, 0.717) is 5.92 Å². The van der Waals surface area contributed by atoms with Gasteiger partial charge >= 0.3 is 0 Å². The van der Waals surface area contributed by atoms with Crippen LogP contribution in [-0.2, 0) is 13.1 Å². The van der Waals surface area contributed by atoms with Gasteiger partial charge in [-0.2, -0.15) is 0 Å². The van der Waals surface area contributed by atoms with Crippen molar-refractivity contribution >= 4 is 0 Å². The lowest BCUT2D eigenvalue weighted by molar-refractivity contribution is 0.285. The minimum absolute atomic E-state index is 0.595. The van der Waals surface area contributed by atoms with E-state index < -0.39 is 0 Å². The molecule has 0 aliphatic rings. The Hall–Kier alpha value is -1.54. The Morgan fingerprint density at radius 1 is 1.00 bits per heavy atom. The van der Waals surface area contributed by atoms with Gasteiger partial charge in [-0.15, -0.1) is 0 Å². The Morgan fingerprint density at radius 3 is 2.21 bits per heavy atom. The third kappa shape index (κ3) is 3.97. The summed E-state index contributed by atoms with van der Waals surface area (Å²) in [6, 6.07) is 13.0. The van der Waals surface area contributed by atoms with Crippen molar-refractivity contribution in [2.24, 2.45) is 0 Å². The molecule has 0 bridgehead atoms. The van der Waals surface area contributed by atoms with E-state index in [-0.39, 0.29) is 0 Å². The molecule has 2 rings (SSSR count). The normalized spacial score (nSPS) is 11.5. The average molecular weight is 257 g/mol. The Labute approximate surface area is 116 Å². The monoisotopic (exact) mass is 257 g/mol. The molecule has 0 spiro atoms. The molecular weight excluding hydrogens is 234 g/mol. The van der Waals surface area contributed by atoms with E-state index in [1.807, 2.05) is 19.1 Å². The molecule has 0 N–H and O–H groups in total. The van der Waals surface area contributed by atoms with Crippen molar-refractivity contribution in [3.05, 3.63) is 59.0 Å². The number of rotatable bonds is 5. The summed E-state index contributed by atoms with van der Waals surface area (Å²) < 4.78 is 5.60. The molecule has 0 amide bonds. The first-order chi connectivity index (χ1) is 9.04. The first-order valence-electron chi connectivity index (χ1n) is 6.87. The Kier molecular flexibility index (Phi) is 4.43. The van der Waals surface area contributed by atoms with Gasteiger partial charge in [0.05, 0.1) is 6.54 Å². The van der Waals surface area contributed by atoms with Crippen LogP contribution < -0.4 is 0 Å². The molecule has 2 heteroatoms. The summed E-state index contributed by atoms with van der Waals surface area (Å²) in [5.41, 5.74) is 2.74. The Balaban J connectivity index is 1.93. The van der Waals surface area contributed by atoms with E-state index in [1.54, 1.807) is 0 Å². The second kappa shape index (κ2) is 6.07. The Bertz CT molecular complexity index is 510. The fourth-order valence-corrected chi connectivity index (χ4v) is 2.21. The predicted octanol–water partition coefficient (Wildman–Crippen LogP) is 4.34. The standard InChI is InChI=1S/C17H23NO/c1-13(2)16-8-6-15(7-9-16)11-18(4)12-17-10-5-14(3)19-17/h5-10,13H,11-12H2,1-4H3. The van der Waals surface area contributed by atoms with Crippen molar-refractivity contribution < 1.29 is 4.42 Å². The van der Waals surface area contributed by atoms with Crippen LogP contribution >= 0.6 is 0 Å². The smallest absolute Gasteiger partial charge is 0.118 e. The number of hydrogen-bond acceptors (Lipinski definition) is 2. The maximum Gasteiger partial charge on any atom is 0.118 e. The van der Waals surface area contributed by atoms with Gasteiger partial charge in [0, 0.05) is 6.54 Å². The van der Waals surface area contributed by atoms with Gasteiger partial charge < -0.3 is 4.42 Å². The highest BCUT2D eigenvalue weighted by Gasteiger charge is 2.05. The third-order valence-electron chi connectivity index (χ3n) is 3.32. The van der Waals surface area contributed by atoms with E-state index in [1.165, 1.54) is 11.1 Å². The van der Waals surface area contributed by atoms with E-state index in [9.17, 15) is 0 Å². The van der Waals surface area contributed by atoms with Crippen molar-refractivity contribution in [3.8, 4) is 0 Å². The van der Waals surface area contributed by atoms with E-state index in [2.05, 4.69) is 50.1 Å². The molecule has 0 saturated heterocycles. The van der Waals surface area contributed by atoms with Crippen LogP contribution in [0.15, 0.2) is 40.8 Å². The molecule has 19 heavy (non-hydrogen) atoms. The quantitative estimate of drug-likeness (QED) is 0.792. The number of aryl methyl sites for hydroxylation is 1. The number of furan rings is 1. The largest absolute Gasteiger partial charge is 0.465 e. The zero-order valence-electron chi connectivity index (χ0n) is 12.3. The zero-order chi connectivity index (χ0) is 13.8. The van der Waals surface area contributed by atoms with Gasteiger partial charge in [-0.05, 0) is 43.1 Å². The molecular formula is C17H23NO. The summed E-state index contributed by atoms with van der Waals surface area (Å²) in [5.74, 6) is 2.60. The average Bonchev–Trinajstić information content (AvgIpc) is 2.75. The lowest BCUT2D eigenvalue weighted by Crippen LogP contribution is -2.16. The summed E-state index contributed by atoms with van der Waals surface area (Å²) in [6.45, 7) is 8.22. The van der Waals surface area contributed by atoms with Gasteiger partial charge in [0.25, 0.3) is 0 Å². The maximum absolute atomic E-state index is 5.60. The molecule has 0 aliphatic carbocycles. The number of nitrogens with zero attached hydrogens (tertiary/aromatic N) is 1. The first kappa shape index (κ1) is 13.9. The fourth-order valence-electron chi connectivity index (χ4n) is 2.21. The number of benzene rings is 1. The van der Waals surface area contributed by atoms with Crippen molar-refractivity contribution in [1.29, 1.82) is 0 Å². The third-order valence-corrected chi connectivity index (χ3v) is 3.32. The highest BCUT2D eigenvalue weighted by Crippen LogP contribution is 2.16. The highest BCUT2D eigenvalue weighted by atomic mass is 16.3. The van der Waals surface area contributed by atoms with Gasteiger partial charge in [0.2, 0.25) is 0 Å². The topological polar surface area (TPSA) is 16.4 Å². The van der Waals surface area contributed by atoms with Crippen molar-refractivity contribution in [3.63, 3.8) is 0 Å². The van der Waals surface area contributed by atoms with Crippen LogP contribution in [0.3, 0.4) is 0 Å². The molecule has 0 radical (unpaired) electrons. The van der Waals surface area contributed by atoms with Gasteiger partial charge in [-0.1, -0.05) is 38.1 Å². The summed E-state index contributed by atoms with van der Waals surface area (Å²) in [6.07, 6.45) is 0. The van der Waals surface area contributed by atoms with Crippen LogP contribution in [-0.4, -0.2) is 11.9 Å². The van der Waals surface area contributed by atoms with Crippen LogP contribution in [0.4, 0.5) is 0 Å². The minimum Gasteiger partial charge on any atom is -0.465 e. The summed E-state index contributed by atoms with van der Waals surface area (Å²) in [7, 11) is 2.12. The van der Waals surface area contributed by atoms with Crippen molar-refractivity contribution in [2.45, 2.75) is 39.8 Å². The molecule has 1 heterocycles. The minimum atomic E-state index is 0.595. The molecule has 0 saturated carbocycles. The SMILES string of the molecule is Cc1ccc(CN(C)Cc2ccc(C(C)C)cc2)o1. The van der Waals surface area contributed by atoms with Gasteiger partial charge in [0.15, 0.2) is 0 Å². The molecule has 2 nitrogen and oxygen atoms in total. The molecule has 0 fully saturated rings. The molecule has 0 aliphatic heterocycles. The fraction of sp³-hybridized carbons (Fsp3) is 0.412. The molecule has 102 valence electrons. The summed E-state index contributed by atoms with van der Waals surface area (Å²) in [4.78, 5) is 2.27.